The minimum atomic E-state index is 0.295. The molecule has 1 aromatic carbocycles. The molecule has 3 rings (SSSR count). The van der Waals surface area contributed by atoms with Crippen molar-refractivity contribution in [2.75, 3.05) is 0 Å². The van der Waals surface area contributed by atoms with Crippen LogP contribution in [-0.2, 0) is 0 Å². The largest absolute Gasteiger partial charge is 0.409 e. The summed E-state index contributed by atoms with van der Waals surface area (Å²) in [5.41, 5.74) is 1.06. The smallest absolute Gasteiger partial charge is 0.285 e. The number of aromatic nitrogens is 1. The van der Waals surface area contributed by atoms with Gasteiger partial charge in [0, 0.05) is 5.56 Å². The van der Waals surface area contributed by atoms with Crippen molar-refractivity contribution in [1.29, 1.82) is 0 Å². The Kier molecular flexibility index (Phi) is 1.76. The molecule has 0 N–H and O–H groups in total. The third-order valence-electron chi connectivity index (χ3n) is 2.00. The molecule has 0 saturated carbocycles. The van der Waals surface area contributed by atoms with Gasteiger partial charge in [0.15, 0.2) is 0 Å². The van der Waals surface area contributed by atoms with Gasteiger partial charge in [0.1, 0.15) is 5.01 Å². The zero-order valence-corrected chi connectivity index (χ0v) is 8.58. The van der Waals surface area contributed by atoms with Crippen LogP contribution in [0.5, 0.6) is 10.9 Å². The van der Waals surface area contributed by atoms with Gasteiger partial charge in [0.05, 0.1) is 0 Å². The maximum atomic E-state index is 5.25. The molecule has 1 aromatic heterocycles. The lowest BCUT2D eigenvalue weighted by atomic mass is 10.2. The molecule has 0 bridgehead atoms. The van der Waals surface area contributed by atoms with E-state index in [-0.39, 0.29) is 0 Å². The van der Waals surface area contributed by atoms with E-state index in [0.717, 1.165) is 10.6 Å². The van der Waals surface area contributed by atoms with E-state index in [1.807, 2.05) is 30.3 Å². The molecular formula is C11H7NO2S. The molecule has 0 aliphatic carbocycles. The Hall–Kier alpha value is -1.81. The lowest BCUT2D eigenvalue weighted by molar-refractivity contribution is 0.288. The van der Waals surface area contributed by atoms with Crippen molar-refractivity contribution in [3.63, 3.8) is 0 Å². The van der Waals surface area contributed by atoms with Crippen molar-refractivity contribution in [3.8, 4) is 21.5 Å². The number of benzene rings is 1. The Balaban J connectivity index is 2.03. The van der Waals surface area contributed by atoms with Crippen LogP contribution in [0, 0.1) is 0 Å². The molecule has 3 nitrogen and oxygen atoms in total. The lowest BCUT2D eigenvalue weighted by Crippen LogP contribution is -1.91. The minimum Gasteiger partial charge on any atom is -0.409 e. The Morgan fingerprint density at radius 2 is 1.93 bits per heavy atom. The number of ether oxygens (including phenoxy) is 2. The maximum Gasteiger partial charge on any atom is 0.285 e. The molecule has 1 aliphatic heterocycles. The quantitative estimate of drug-likeness (QED) is 0.735. The van der Waals surface area contributed by atoms with Gasteiger partial charge in [0.2, 0.25) is 5.06 Å². The van der Waals surface area contributed by atoms with Gasteiger partial charge in [-0.05, 0) is 6.58 Å². The normalized spacial score (nSPS) is 13.2. The first kappa shape index (κ1) is 8.49. The van der Waals surface area contributed by atoms with E-state index >= 15 is 0 Å². The summed E-state index contributed by atoms with van der Waals surface area (Å²) < 4.78 is 10.4. The van der Waals surface area contributed by atoms with Gasteiger partial charge < -0.3 is 9.47 Å². The van der Waals surface area contributed by atoms with E-state index in [1.165, 1.54) is 11.3 Å². The van der Waals surface area contributed by atoms with E-state index in [0.29, 0.717) is 16.9 Å². The second kappa shape index (κ2) is 3.10. The molecule has 0 fully saturated rings. The fourth-order valence-corrected chi connectivity index (χ4v) is 2.22. The van der Waals surface area contributed by atoms with Gasteiger partial charge in [-0.1, -0.05) is 41.7 Å². The van der Waals surface area contributed by atoms with Gasteiger partial charge in [-0.3, -0.25) is 0 Å². The standard InChI is InChI=1S/C11H7NO2S/c1-7-13-9-11(14-7)15-10(12-9)8-5-3-2-4-6-8/h2-6H,1H2. The molecule has 4 heteroatoms. The fourth-order valence-electron chi connectivity index (χ4n) is 1.36. The summed E-state index contributed by atoms with van der Waals surface area (Å²) in [6, 6.07) is 9.93. The summed E-state index contributed by atoms with van der Waals surface area (Å²) in [4.78, 5) is 4.32. The summed E-state index contributed by atoms with van der Waals surface area (Å²) in [5.74, 6) is 0.812. The molecule has 0 spiro atoms. The van der Waals surface area contributed by atoms with Gasteiger partial charge in [-0.2, -0.15) is 4.98 Å². The number of hydrogen-bond donors (Lipinski definition) is 0. The molecule has 0 amide bonds. The average molecular weight is 217 g/mol. The molecular weight excluding hydrogens is 210 g/mol. The van der Waals surface area contributed by atoms with Crippen molar-refractivity contribution in [2.45, 2.75) is 0 Å². The number of hydrogen-bond acceptors (Lipinski definition) is 4. The number of thiazole rings is 1. The molecule has 0 atom stereocenters. The van der Waals surface area contributed by atoms with E-state index in [2.05, 4.69) is 11.6 Å². The van der Waals surface area contributed by atoms with E-state index < -0.39 is 0 Å². The maximum absolute atomic E-state index is 5.25. The summed E-state index contributed by atoms with van der Waals surface area (Å²) in [6.45, 7) is 3.57. The van der Waals surface area contributed by atoms with Crippen LogP contribution < -0.4 is 9.47 Å². The third kappa shape index (κ3) is 1.39. The van der Waals surface area contributed by atoms with E-state index in [1.54, 1.807) is 0 Å². The van der Waals surface area contributed by atoms with Crippen molar-refractivity contribution in [3.05, 3.63) is 42.9 Å². The summed E-state index contributed by atoms with van der Waals surface area (Å²) >= 11 is 1.46. The van der Waals surface area contributed by atoms with Gasteiger partial charge in [-0.25, -0.2) is 0 Å². The average Bonchev–Trinajstić information content (AvgIpc) is 2.76. The molecule has 2 heterocycles. The first-order valence-electron chi connectivity index (χ1n) is 4.44. The van der Waals surface area contributed by atoms with Crippen molar-refractivity contribution in [1.82, 2.24) is 4.98 Å². The predicted octanol–water partition coefficient (Wildman–Crippen LogP) is 3.05. The van der Waals surface area contributed by atoms with Crippen LogP contribution in [0.3, 0.4) is 0 Å². The molecule has 15 heavy (non-hydrogen) atoms. The number of nitrogens with zero attached hydrogens (tertiary/aromatic N) is 1. The lowest BCUT2D eigenvalue weighted by Gasteiger charge is -1.95. The Morgan fingerprint density at radius 3 is 2.67 bits per heavy atom. The zero-order valence-electron chi connectivity index (χ0n) is 7.77. The van der Waals surface area contributed by atoms with E-state index in [4.69, 9.17) is 9.47 Å². The Morgan fingerprint density at radius 1 is 1.13 bits per heavy atom. The summed E-state index contributed by atoms with van der Waals surface area (Å²) in [5, 5.41) is 1.58. The second-order valence-corrected chi connectivity index (χ2v) is 4.02. The molecule has 74 valence electrons. The first-order valence-corrected chi connectivity index (χ1v) is 5.25. The highest BCUT2D eigenvalue weighted by Crippen LogP contribution is 2.43. The highest BCUT2D eigenvalue weighted by molar-refractivity contribution is 7.17. The number of rotatable bonds is 1. The first-order chi connectivity index (χ1) is 7.33. The topological polar surface area (TPSA) is 31.4 Å². The molecule has 0 unspecified atom stereocenters. The van der Waals surface area contributed by atoms with Gasteiger partial charge >= 0.3 is 0 Å². The third-order valence-corrected chi connectivity index (χ3v) is 2.97. The van der Waals surface area contributed by atoms with Crippen molar-refractivity contribution in [2.24, 2.45) is 0 Å². The van der Waals surface area contributed by atoms with Crippen LogP contribution in [0.2, 0.25) is 0 Å². The van der Waals surface area contributed by atoms with Crippen LogP contribution in [0.1, 0.15) is 0 Å². The van der Waals surface area contributed by atoms with Crippen LogP contribution in [0.4, 0.5) is 0 Å². The Labute approximate surface area is 90.6 Å². The van der Waals surface area contributed by atoms with Crippen molar-refractivity contribution >= 4 is 11.3 Å². The zero-order chi connectivity index (χ0) is 10.3. The van der Waals surface area contributed by atoms with Crippen LogP contribution in [0.25, 0.3) is 10.6 Å². The SMILES string of the molecule is C=C1Oc2nc(-c3ccccc3)sc2O1. The Bertz CT molecular complexity index is 493. The van der Waals surface area contributed by atoms with Crippen molar-refractivity contribution < 1.29 is 9.47 Å². The number of fused-ring (bicyclic) bond motifs is 1. The van der Waals surface area contributed by atoms with Crippen LogP contribution >= 0.6 is 11.3 Å². The minimum absolute atomic E-state index is 0.295. The predicted molar refractivity (Wildman–Crippen MR) is 57.9 cm³/mol. The summed E-state index contributed by atoms with van der Waals surface area (Å²) in [6.07, 6.45) is 0. The summed E-state index contributed by atoms with van der Waals surface area (Å²) in [7, 11) is 0. The molecule has 0 saturated heterocycles. The molecule has 0 radical (unpaired) electrons. The highest BCUT2D eigenvalue weighted by Gasteiger charge is 2.23. The highest BCUT2D eigenvalue weighted by atomic mass is 32.1. The second-order valence-electron chi connectivity index (χ2n) is 3.05. The van der Waals surface area contributed by atoms with Gasteiger partial charge in [0.25, 0.3) is 11.8 Å². The molecule has 2 aromatic rings. The van der Waals surface area contributed by atoms with Crippen LogP contribution in [-0.4, -0.2) is 4.98 Å². The van der Waals surface area contributed by atoms with E-state index in [9.17, 15) is 0 Å². The van der Waals surface area contributed by atoms with Gasteiger partial charge in [-0.15, -0.1) is 0 Å². The monoisotopic (exact) mass is 217 g/mol. The fraction of sp³-hybridized carbons (Fsp3) is 0. The molecule has 1 aliphatic rings. The van der Waals surface area contributed by atoms with Crippen LogP contribution in [0.15, 0.2) is 42.9 Å².